The van der Waals surface area contributed by atoms with Crippen molar-refractivity contribution in [3.8, 4) is 0 Å². The van der Waals surface area contributed by atoms with Crippen LogP contribution in [0.4, 0.5) is 0 Å². The maximum Gasteiger partial charge on any atom is 0.140 e. The fraction of sp³-hybridized carbons (Fsp3) is 0.417. The van der Waals surface area contributed by atoms with E-state index in [1.807, 2.05) is 6.07 Å². The highest BCUT2D eigenvalue weighted by molar-refractivity contribution is 5.89. The van der Waals surface area contributed by atoms with Gasteiger partial charge in [0.15, 0.2) is 0 Å². The van der Waals surface area contributed by atoms with E-state index in [-0.39, 0.29) is 5.92 Å². The Morgan fingerprint density at radius 1 is 1.08 bits per heavy atom. The Morgan fingerprint density at radius 3 is 2.62 bits per heavy atom. The van der Waals surface area contributed by atoms with Gasteiger partial charge in [0.05, 0.1) is 0 Å². The predicted octanol–water partition coefficient (Wildman–Crippen LogP) is 2.62. The maximum atomic E-state index is 11.6. The monoisotopic (exact) mass is 172 g/mol. The van der Waals surface area contributed by atoms with Gasteiger partial charge < -0.3 is 0 Å². The van der Waals surface area contributed by atoms with Crippen molar-refractivity contribution in [2.45, 2.75) is 31.1 Å². The van der Waals surface area contributed by atoms with Gasteiger partial charge in [0.1, 0.15) is 5.78 Å². The summed E-state index contributed by atoms with van der Waals surface area (Å²) in [6.45, 7) is 0. The Kier molecular flexibility index (Phi) is 1.37. The molecule has 0 saturated heterocycles. The van der Waals surface area contributed by atoms with Gasteiger partial charge in [-0.15, -0.1) is 0 Å². The second-order valence-corrected chi connectivity index (χ2v) is 4.13. The van der Waals surface area contributed by atoms with Crippen LogP contribution in [0.25, 0.3) is 0 Å². The highest BCUT2D eigenvalue weighted by atomic mass is 16.1. The Morgan fingerprint density at radius 2 is 1.85 bits per heavy atom. The van der Waals surface area contributed by atoms with Crippen LogP contribution < -0.4 is 0 Å². The van der Waals surface area contributed by atoms with E-state index in [1.54, 1.807) is 0 Å². The number of Topliss-reactive ketones (excluding diaryl/α,β-unsaturated/α-hetero) is 1. The first-order valence-corrected chi connectivity index (χ1v) is 4.98. The zero-order chi connectivity index (χ0) is 8.84. The van der Waals surface area contributed by atoms with Crippen LogP contribution in [-0.2, 0) is 4.79 Å². The molecule has 13 heavy (non-hydrogen) atoms. The van der Waals surface area contributed by atoms with Crippen molar-refractivity contribution in [2.75, 3.05) is 0 Å². The van der Waals surface area contributed by atoms with Crippen molar-refractivity contribution in [3.63, 3.8) is 0 Å². The van der Waals surface area contributed by atoms with E-state index >= 15 is 0 Å². The average molecular weight is 172 g/mol. The second kappa shape index (κ2) is 2.44. The number of hydrogen-bond acceptors (Lipinski definition) is 1. The van der Waals surface area contributed by atoms with Gasteiger partial charge in [-0.25, -0.2) is 0 Å². The highest BCUT2D eigenvalue weighted by Crippen LogP contribution is 2.46. The second-order valence-electron chi connectivity index (χ2n) is 4.13. The van der Waals surface area contributed by atoms with E-state index < -0.39 is 0 Å². The van der Waals surface area contributed by atoms with Crippen molar-refractivity contribution >= 4 is 5.78 Å². The third-order valence-electron chi connectivity index (χ3n) is 3.45. The molecule has 3 aliphatic rings. The number of rotatable bonds is 0. The van der Waals surface area contributed by atoms with Crippen LogP contribution in [0.1, 0.15) is 42.2 Å². The van der Waals surface area contributed by atoms with E-state index in [2.05, 4.69) is 18.2 Å². The molecule has 1 saturated carbocycles. The largest absolute Gasteiger partial charge is 0.299 e. The summed E-state index contributed by atoms with van der Waals surface area (Å²) in [5, 5.41) is 0. The molecule has 2 bridgehead atoms. The van der Waals surface area contributed by atoms with Crippen LogP contribution in [0.3, 0.4) is 0 Å². The smallest absolute Gasteiger partial charge is 0.140 e. The normalized spacial score (nSPS) is 30.3. The lowest BCUT2D eigenvalue weighted by atomic mass is 9.66. The van der Waals surface area contributed by atoms with Crippen LogP contribution in [-0.4, -0.2) is 5.78 Å². The SMILES string of the molecule is O=C1C[C@H]2CC[C@H]1c1ccccc12. The summed E-state index contributed by atoms with van der Waals surface area (Å²) in [5.74, 6) is 1.24. The molecule has 0 heterocycles. The fourth-order valence-electron chi connectivity index (χ4n) is 2.81. The molecule has 1 fully saturated rings. The molecule has 0 aromatic heterocycles. The molecular weight excluding hydrogens is 160 g/mol. The topological polar surface area (TPSA) is 17.1 Å². The minimum Gasteiger partial charge on any atom is -0.299 e. The number of carbonyl (C=O) groups excluding carboxylic acids is 1. The van der Waals surface area contributed by atoms with Gasteiger partial charge in [0.25, 0.3) is 0 Å². The van der Waals surface area contributed by atoms with Crippen molar-refractivity contribution in [1.82, 2.24) is 0 Å². The number of benzene rings is 1. The first kappa shape index (κ1) is 7.31. The Hall–Kier alpha value is -1.11. The molecule has 1 heteroatoms. The number of fused-ring (bicyclic) bond motifs is 2. The Balaban J connectivity index is 2.21. The summed E-state index contributed by atoms with van der Waals surface area (Å²) in [4.78, 5) is 11.6. The molecule has 2 atom stereocenters. The van der Waals surface area contributed by atoms with Gasteiger partial charge >= 0.3 is 0 Å². The summed E-state index contributed by atoms with van der Waals surface area (Å²) in [6, 6.07) is 8.46. The number of carbonyl (C=O) groups is 1. The molecule has 0 amide bonds. The molecule has 66 valence electrons. The lowest BCUT2D eigenvalue weighted by molar-refractivity contribution is -0.123. The summed E-state index contributed by atoms with van der Waals surface area (Å²) < 4.78 is 0. The van der Waals surface area contributed by atoms with Crippen molar-refractivity contribution in [3.05, 3.63) is 35.4 Å². The van der Waals surface area contributed by atoms with Gasteiger partial charge in [-0.05, 0) is 29.9 Å². The van der Waals surface area contributed by atoms with Gasteiger partial charge in [0, 0.05) is 12.3 Å². The third-order valence-corrected chi connectivity index (χ3v) is 3.45. The molecule has 1 aromatic carbocycles. The molecule has 0 N–H and O–H groups in total. The lowest BCUT2D eigenvalue weighted by Gasteiger charge is -2.36. The maximum absolute atomic E-state index is 11.6. The standard InChI is InChI=1S/C12H12O/c13-12-7-8-5-6-11(12)10-4-2-1-3-9(8)10/h1-4,8,11H,5-7H2/t8-,11+/m1/s1. The van der Waals surface area contributed by atoms with E-state index in [9.17, 15) is 4.79 Å². The molecular formula is C12H12O. The Bertz CT molecular complexity index is 367. The first-order chi connectivity index (χ1) is 6.36. The summed E-state index contributed by atoms with van der Waals surface area (Å²) in [6.07, 6.45) is 3.09. The molecule has 4 rings (SSSR count). The molecule has 0 aliphatic heterocycles. The number of ketones is 1. The highest BCUT2D eigenvalue weighted by Gasteiger charge is 2.37. The van der Waals surface area contributed by atoms with Gasteiger partial charge in [-0.1, -0.05) is 24.3 Å². The van der Waals surface area contributed by atoms with Crippen molar-refractivity contribution in [1.29, 1.82) is 0 Å². The van der Waals surface area contributed by atoms with Crippen LogP contribution in [0.5, 0.6) is 0 Å². The predicted molar refractivity (Wildman–Crippen MR) is 50.8 cm³/mol. The molecule has 0 radical (unpaired) electrons. The average Bonchev–Trinajstić information content (AvgIpc) is 2.19. The zero-order valence-electron chi connectivity index (χ0n) is 7.49. The minimum atomic E-state index is 0.237. The number of hydrogen-bond donors (Lipinski definition) is 0. The minimum absolute atomic E-state index is 0.237. The quantitative estimate of drug-likeness (QED) is 0.588. The van der Waals surface area contributed by atoms with Crippen molar-refractivity contribution in [2.24, 2.45) is 0 Å². The van der Waals surface area contributed by atoms with Gasteiger partial charge in [0.2, 0.25) is 0 Å². The molecule has 0 unspecified atom stereocenters. The first-order valence-electron chi connectivity index (χ1n) is 4.98. The lowest BCUT2D eigenvalue weighted by Crippen LogP contribution is -2.29. The Labute approximate surface area is 77.8 Å². The van der Waals surface area contributed by atoms with Crippen LogP contribution in [0, 0.1) is 0 Å². The van der Waals surface area contributed by atoms with E-state index in [1.165, 1.54) is 17.5 Å². The third kappa shape index (κ3) is 0.902. The summed E-state index contributed by atoms with van der Waals surface area (Å²) in [5.41, 5.74) is 2.76. The zero-order valence-corrected chi connectivity index (χ0v) is 7.49. The van der Waals surface area contributed by atoms with Crippen LogP contribution in [0.15, 0.2) is 24.3 Å². The van der Waals surface area contributed by atoms with Crippen molar-refractivity contribution < 1.29 is 4.79 Å². The van der Waals surface area contributed by atoms with E-state index in [4.69, 9.17) is 0 Å². The van der Waals surface area contributed by atoms with E-state index in [0.717, 1.165) is 12.8 Å². The summed E-state index contributed by atoms with van der Waals surface area (Å²) in [7, 11) is 0. The van der Waals surface area contributed by atoms with Gasteiger partial charge in [-0.2, -0.15) is 0 Å². The molecule has 0 spiro atoms. The fourth-order valence-corrected chi connectivity index (χ4v) is 2.81. The van der Waals surface area contributed by atoms with E-state index in [0.29, 0.717) is 11.7 Å². The van der Waals surface area contributed by atoms with Crippen LogP contribution in [0.2, 0.25) is 0 Å². The molecule has 1 aromatic rings. The molecule has 3 aliphatic carbocycles. The molecule has 1 nitrogen and oxygen atoms in total. The summed E-state index contributed by atoms with van der Waals surface area (Å²) >= 11 is 0. The van der Waals surface area contributed by atoms with Crippen LogP contribution >= 0.6 is 0 Å². The van der Waals surface area contributed by atoms with Gasteiger partial charge in [-0.3, -0.25) is 4.79 Å².